The average Bonchev–Trinajstić information content (AvgIpc) is 2.62. The van der Waals surface area contributed by atoms with Crippen LogP contribution in [0.4, 0.5) is 0 Å². The maximum atomic E-state index is 11.1. The molecule has 0 heterocycles. The average molecular weight is 417 g/mol. The molecule has 0 amide bonds. The van der Waals surface area contributed by atoms with Crippen molar-refractivity contribution in [2.75, 3.05) is 52.9 Å². The number of carbonyl (C=O) groups excluding carboxylic acids is 4. The molecule has 0 aromatic carbocycles. The zero-order valence-corrected chi connectivity index (χ0v) is 18.3. The monoisotopic (exact) mass is 416 g/mol. The molecule has 0 N–H and O–H groups in total. The number of hydrogen-bond acceptors (Lipinski definition) is 8. The zero-order chi connectivity index (χ0) is 22.1. The van der Waals surface area contributed by atoms with E-state index in [9.17, 15) is 19.2 Å². The zero-order valence-electron chi connectivity index (χ0n) is 18.3. The lowest BCUT2D eigenvalue weighted by molar-refractivity contribution is -0.125. The number of Topliss-reactive ketones (excluding diaryl/α,β-unsaturated/α-hetero) is 4. The lowest BCUT2D eigenvalue weighted by Gasteiger charge is -2.33. The van der Waals surface area contributed by atoms with E-state index in [0.717, 1.165) is 0 Å². The fourth-order valence-electron chi connectivity index (χ4n) is 2.27. The molecular formula is C21H36O8. The van der Waals surface area contributed by atoms with Crippen molar-refractivity contribution in [1.29, 1.82) is 0 Å². The predicted molar refractivity (Wildman–Crippen MR) is 107 cm³/mol. The first-order chi connectivity index (χ1) is 13.7. The summed E-state index contributed by atoms with van der Waals surface area (Å²) in [6.45, 7) is 7.96. The van der Waals surface area contributed by atoms with Crippen LogP contribution in [0.3, 0.4) is 0 Å². The Hall–Kier alpha value is -1.48. The second-order valence-electron chi connectivity index (χ2n) is 7.52. The van der Waals surface area contributed by atoms with E-state index in [1.54, 1.807) is 0 Å². The van der Waals surface area contributed by atoms with Gasteiger partial charge in [0.2, 0.25) is 0 Å². The van der Waals surface area contributed by atoms with Crippen LogP contribution in [0.25, 0.3) is 0 Å². The van der Waals surface area contributed by atoms with Crippen LogP contribution >= 0.6 is 0 Å². The number of rotatable bonds is 20. The molecule has 0 fully saturated rings. The molecule has 0 aliphatic rings. The number of ether oxygens (including phenoxy) is 4. The molecule has 8 heteroatoms. The van der Waals surface area contributed by atoms with Crippen LogP contribution in [-0.4, -0.2) is 76.0 Å². The minimum Gasteiger partial charge on any atom is -0.380 e. The predicted octanol–water partition coefficient (Wildman–Crippen LogP) is 1.96. The van der Waals surface area contributed by atoms with Gasteiger partial charge in [-0.15, -0.1) is 0 Å². The summed E-state index contributed by atoms with van der Waals surface area (Å²) in [5.74, 6) is 0.125. The van der Waals surface area contributed by atoms with E-state index < -0.39 is 5.41 Å². The summed E-state index contributed by atoms with van der Waals surface area (Å²) in [6, 6.07) is 0. The Morgan fingerprint density at radius 2 is 0.690 bits per heavy atom. The van der Waals surface area contributed by atoms with Crippen LogP contribution < -0.4 is 0 Å². The molecular weight excluding hydrogens is 380 g/mol. The Morgan fingerprint density at radius 3 is 0.862 bits per heavy atom. The Morgan fingerprint density at radius 1 is 0.483 bits per heavy atom. The van der Waals surface area contributed by atoms with Gasteiger partial charge in [-0.2, -0.15) is 0 Å². The van der Waals surface area contributed by atoms with Crippen molar-refractivity contribution in [2.45, 2.75) is 53.4 Å². The fraction of sp³-hybridized carbons (Fsp3) is 0.810. The molecule has 0 rings (SSSR count). The van der Waals surface area contributed by atoms with E-state index >= 15 is 0 Å². The van der Waals surface area contributed by atoms with Gasteiger partial charge in [-0.05, 0) is 27.7 Å². The highest BCUT2D eigenvalue weighted by atomic mass is 16.5. The van der Waals surface area contributed by atoms with Gasteiger partial charge in [0.15, 0.2) is 0 Å². The normalized spacial score (nSPS) is 11.4. The lowest BCUT2D eigenvalue weighted by atomic mass is 9.92. The molecule has 0 aliphatic carbocycles. The van der Waals surface area contributed by atoms with Crippen molar-refractivity contribution >= 4 is 23.1 Å². The molecule has 0 aromatic heterocycles. The summed E-state index contributed by atoms with van der Waals surface area (Å²) < 4.78 is 22.7. The van der Waals surface area contributed by atoms with E-state index in [4.69, 9.17) is 18.9 Å². The number of hydrogen-bond donors (Lipinski definition) is 0. The van der Waals surface area contributed by atoms with Crippen LogP contribution in [0, 0.1) is 5.41 Å². The van der Waals surface area contributed by atoms with Crippen LogP contribution in [0.5, 0.6) is 0 Å². The second-order valence-corrected chi connectivity index (χ2v) is 7.52. The standard InChI is InChI=1S/C21H36O8/c1-17(22)5-9-26-13-21(14-27-10-6-18(2)23,15-28-11-7-19(3)24)16-29-12-8-20(4)25/h5-16H2,1-4H3. The minimum atomic E-state index is -0.679. The van der Waals surface area contributed by atoms with Crippen LogP contribution in [0.2, 0.25) is 0 Å². The highest BCUT2D eigenvalue weighted by molar-refractivity contribution is 5.76. The first-order valence-electron chi connectivity index (χ1n) is 9.95. The van der Waals surface area contributed by atoms with E-state index in [1.165, 1.54) is 27.7 Å². The van der Waals surface area contributed by atoms with Gasteiger partial charge in [0.1, 0.15) is 23.1 Å². The molecule has 0 radical (unpaired) electrons. The summed E-state index contributed by atoms with van der Waals surface area (Å²) in [5, 5.41) is 0. The SMILES string of the molecule is CC(=O)CCOCC(COCCC(C)=O)(COCCC(C)=O)COCCC(C)=O. The largest absolute Gasteiger partial charge is 0.380 e. The van der Waals surface area contributed by atoms with Gasteiger partial charge in [0, 0.05) is 25.7 Å². The van der Waals surface area contributed by atoms with Crippen molar-refractivity contribution in [3.8, 4) is 0 Å². The van der Waals surface area contributed by atoms with Crippen molar-refractivity contribution in [3.05, 3.63) is 0 Å². The number of ketones is 4. The topological polar surface area (TPSA) is 105 Å². The summed E-state index contributed by atoms with van der Waals surface area (Å²) in [5.41, 5.74) is -0.679. The summed E-state index contributed by atoms with van der Waals surface area (Å²) >= 11 is 0. The summed E-state index contributed by atoms with van der Waals surface area (Å²) in [6.07, 6.45) is 1.21. The molecule has 0 unspecified atom stereocenters. The molecule has 0 saturated heterocycles. The Balaban J connectivity index is 4.94. The molecule has 0 saturated carbocycles. The van der Waals surface area contributed by atoms with Crippen molar-refractivity contribution in [3.63, 3.8) is 0 Å². The maximum absolute atomic E-state index is 11.1. The van der Waals surface area contributed by atoms with Crippen LogP contribution in [0.1, 0.15) is 53.4 Å². The maximum Gasteiger partial charge on any atom is 0.132 e. The van der Waals surface area contributed by atoms with Crippen LogP contribution in [-0.2, 0) is 38.1 Å². The highest BCUT2D eigenvalue weighted by Crippen LogP contribution is 2.21. The molecule has 8 nitrogen and oxygen atoms in total. The third-order valence-electron chi connectivity index (χ3n) is 4.03. The molecule has 29 heavy (non-hydrogen) atoms. The van der Waals surface area contributed by atoms with Gasteiger partial charge >= 0.3 is 0 Å². The van der Waals surface area contributed by atoms with Crippen molar-refractivity contribution in [2.24, 2.45) is 5.41 Å². The van der Waals surface area contributed by atoms with Crippen LogP contribution in [0.15, 0.2) is 0 Å². The smallest absolute Gasteiger partial charge is 0.132 e. The molecule has 0 atom stereocenters. The van der Waals surface area contributed by atoms with Crippen molar-refractivity contribution in [1.82, 2.24) is 0 Å². The van der Waals surface area contributed by atoms with E-state index in [2.05, 4.69) is 0 Å². The van der Waals surface area contributed by atoms with Gasteiger partial charge in [-0.25, -0.2) is 0 Å². The highest BCUT2D eigenvalue weighted by Gasteiger charge is 2.32. The Bertz CT molecular complexity index is 421. The van der Waals surface area contributed by atoms with Gasteiger partial charge in [0.25, 0.3) is 0 Å². The second kappa shape index (κ2) is 16.3. The Kier molecular flexibility index (Phi) is 15.5. The van der Waals surface area contributed by atoms with Gasteiger partial charge in [-0.1, -0.05) is 0 Å². The van der Waals surface area contributed by atoms with E-state index in [-0.39, 0.29) is 76.0 Å². The van der Waals surface area contributed by atoms with Gasteiger partial charge in [-0.3, -0.25) is 19.2 Å². The quantitative estimate of drug-likeness (QED) is 0.277. The molecule has 168 valence electrons. The van der Waals surface area contributed by atoms with Gasteiger partial charge < -0.3 is 18.9 Å². The van der Waals surface area contributed by atoms with Gasteiger partial charge in [0.05, 0.1) is 58.3 Å². The first-order valence-corrected chi connectivity index (χ1v) is 9.95. The summed E-state index contributed by atoms with van der Waals surface area (Å²) in [7, 11) is 0. The third kappa shape index (κ3) is 17.1. The number of carbonyl (C=O) groups is 4. The van der Waals surface area contributed by atoms with Crippen molar-refractivity contribution < 1.29 is 38.1 Å². The molecule has 0 aromatic rings. The minimum absolute atomic E-state index is 0.0312. The molecule has 0 spiro atoms. The lowest BCUT2D eigenvalue weighted by Crippen LogP contribution is -2.42. The van der Waals surface area contributed by atoms with E-state index in [0.29, 0.717) is 25.7 Å². The molecule has 0 aliphatic heterocycles. The molecule has 0 bridgehead atoms. The van der Waals surface area contributed by atoms with E-state index in [1.807, 2.05) is 0 Å². The fourth-order valence-corrected chi connectivity index (χ4v) is 2.27. The third-order valence-corrected chi connectivity index (χ3v) is 4.03. The Labute approximate surface area is 173 Å². The first kappa shape index (κ1) is 27.5. The summed E-state index contributed by atoms with van der Waals surface area (Å²) in [4.78, 5) is 44.6.